The van der Waals surface area contributed by atoms with Gasteiger partial charge < -0.3 is 4.74 Å². The van der Waals surface area contributed by atoms with Gasteiger partial charge in [-0.25, -0.2) is 4.79 Å². The van der Waals surface area contributed by atoms with Gasteiger partial charge in [0, 0.05) is 12.1 Å². The van der Waals surface area contributed by atoms with Crippen LogP contribution in [0.5, 0.6) is 0 Å². The van der Waals surface area contributed by atoms with Crippen LogP contribution in [0.2, 0.25) is 0 Å². The summed E-state index contributed by atoms with van der Waals surface area (Å²) in [6.45, 7) is 11.8. The molecule has 0 aliphatic rings. The number of nitrogens with one attached hydrogen (secondary N) is 1. The van der Waals surface area contributed by atoms with Crippen LogP contribution in [0.15, 0.2) is 24.3 Å². The third-order valence-electron chi connectivity index (χ3n) is 3.35. The van der Waals surface area contributed by atoms with Crippen molar-refractivity contribution in [3.05, 3.63) is 35.4 Å². The Hall–Kier alpha value is -2.55. The minimum absolute atomic E-state index is 0.142. The van der Waals surface area contributed by atoms with Gasteiger partial charge in [-0.3, -0.25) is 15.0 Å². The van der Waals surface area contributed by atoms with E-state index < -0.39 is 11.1 Å². The summed E-state index contributed by atoms with van der Waals surface area (Å²) in [7, 11) is 0. The van der Waals surface area contributed by atoms with Crippen LogP contribution in [0.25, 0.3) is 0 Å². The first-order chi connectivity index (χ1) is 11.4. The summed E-state index contributed by atoms with van der Waals surface area (Å²) in [4.78, 5) is 25.6. The second kappa shape index (κ2) is 8.02. The normalized spacial score (nSPS) is 11.4. The molecule has 25 heavy (non-hydrogen) atoms. The number of carbonyl (C=O) groups excluding carboxylic acids is 2. The molecule has 0 aliphatic carbocycles. The summed E-state index contributed by atoms with van der Waals surface area (Å²) in [5.74, 6) is -0.347. The molecule has 0 heterocycles. The van der Waals surface area contributed by atoms with E-state index in [-0.39, 0.29) is 18.4 Å². The summed E-state index contributed by atoms with van der Waals surface area (Å²) in [5.41, 5.74) is 0.785. The zero-order valence-corrected chi connectivity index (χ0v) is 15.8. The number of nitriles is 1. The Morgan fingerprint density at radius 3 is 2.04 bits per heavy atom. The van der Waals surface area contributed by atoms with E-state index in [1.54, 1.807) is 11.1 Å². The first-order valence-corrected chi connectivity index (χ1v) is 8.19. The Bertz CT molecular complexity index is 646. The number of carbonyl (C=O) groups is 2. The summed E-state index contributed by atoms with van der Waals surface area (Å²) < 4.78 is 5.51. The highest BCUT2D eigenvalue weighted by atomic mass is 16.6. The molecule has 136 valence electrons. The number of rotatable bonds is 4. The summed E-state index contributed by atoms with van der Waals surface area (Å²) in [6, 6.07) is 7.39. The number of hydrogen-bond donors (Lipinski definition) is 1. The Labute approximate surface area is 149 Å². The van der Waals surface area contributed by atoms with E-state index >= 15 is 0 Å². The Morgan fingerprint density at radius 2 is 1.60 bits per heavy atom. The van der Waals surface area contributed by atoms with E-state index in [2.05, 4.69) is 5.32 Å². The largest absolute Gasteiger partial charge is 0.444 e. The molecule has 6 nitrogen and oxygen atoms in total. The second-order valence-corrected chi connectivity index (χ2v) is 7.89. The van der Waals surface area contributed by atoms with Gasteiger partial charge in [0.25, 0.3) is 0 Å². The maximum Gasteiger partial charge on any atom is 0.411 e. The zero-order chi connectivity index (χ0) is 19.3. The van der Waals surface area contributed by atoms with Gasteiger partial charge in [0.2, 0.25) is 5.91 Å². The molecule has 0 fully saturated rings. The molecule has 0 saturated carbocycles. The quantitative estimate of drug-likeness (QED) is 0.670. The number of nitrogens with zero attached hydrogens (tertiary/aromatic N) is 2. The van der Waals surface area contributed by atoms with Crippen LogP contribution in [0.3, 0.4) is 0 Å². The third kappa shape index (κ3) is 7.25. The fourth-order valence-electron chi connectivity index (χ4n) is 2.13. The molecule has 0 atom stereocenters. The minimum atomic E-state index is -0.557. The molecule has 1 aromatic rings. The fourth-order valence-corrected chi connectivity index (χ4v) is 2.13. The van der Waals surface area contributed by atoms with Crippen LogP contribution in [0.4, 0.5) is 4.79 Å². The molecule has 0 radical (unpaired) electrons. The van der Waals surface area contributed by atoms with E-state index in [9.17, 15) is 9.59 Å². The van der Waals surface area contributed by atoms with Crippen LogP contribution in [0, 0.1) is 11.5 Å². The number of hydrogen-bond acceptors (Lipinski definition) is 4. The molecule has 0 aromatic heterocycles. The smallest absolute Gasteiger partial charge is 0.411 e. The van der Waals surface area contributed by atoms with Crippen molar-refractivity contribution in [2.75, 3.05) is 0 Å². The first kappa shape index (κ1) is 20.5. The molecular formula is C19H27N3O3. The van der Waals surface area contributed by atoms with Gasteiger partial charge in [0.1, 0.15) is 5.60 Å². The summed E-state index contributed by atoms with van der Waals surface area (Å²) in [6.07, 6.45) is 1.39. The molecule has 0 saturated heterocycles. The zero-order valence-electron chi connectivity index (χ0n) is 15.8. The molecule has 1 N–H and O–H groups in total. The van der Waals surface area contributed by atoms with Crippen LogP contribution >= 0.6 is 0 Å². The van der Waals surface area contributed by atoms with Gasteiger partial charge in [-0.1, -0.05) is 24.3 Å². The number of ether oxygens (including phenoxy) is 1. The van der Waals surface area contributed by atoms with Crippen molar-refractivity contribution < 1.29 is 14.3 Å². The van der Waals surface area contributed by atoms with Gasteiger partial charge in [-0.05, 0) is 52.7 Å². The third-order valence-corrected chi connectivity index (χ3v) is 3.35. The lowest BCUT2D eigenvalue weighted by Crippen LogP contribution is -2.47. The van der Waals surface area contributed by atoms with Crippen LogP contribution in [0.1, 0.15) is 52.7 Å². The number of benzene rings is 1. The maximum atomic E-state index is 12.5. The van der Waals surface area contributed by atoms with Gasteiger partial charge in [0.05, 0.1) is 6.42 Å². The second-order valence-electron chi connectivity index (χ2n) is 7.89. The number of amides is 2. The summed E-state index contributed by atoms with van der Waals surface area (Å²) in [5, 5.41) is 10.5. The molecule has 0 aliphatic heterocycles. The molecule has 0 spiro atoms. The van der Waals surface area contributed by atoms with Gasteiger partial charge in [0.15, 0.2) is 6.19 Å². The van der Waals surface area contributed by atoms with Crippen LogP contribution < -0.4 is 5.32 Å². The van der Waals surface area contributed by atoms with E-state index in [1.165, 1.54) is 0 Å². The highest BCUT2D eigenvalue weighted by Crippen LogP contribution is 2.21. The van der Waals surface area contributed by atoms with E-state index in [4.69, 9.17) is 10.00 Å². The van der Waals surface area contributed by atoms with E-state index in [1.807, 2.05) is 65.8 Å². The average Bonchev–Trinajstić information content (AvgIpc) is 2.43. The van der Waals surface area contributed by atoms with Crippen molar-refractivity contribution in [3.63, 3.8) is 0 Å². The van der Waals surface area contributed by atoms with Crippen LogP contribution in [-0.2, 0) is 22.5 Å². The lowest BCUT2D eigenvalue weighted by Gasteiger charge is -2.37. The van der Waals surface area contributed by atoms with Crippen molar-refractivity contribution >= 4 is 12.0 Å². The highest BCUT2D eigenvalue weighted by molar-refractivity contribution is 5.79. The van der Waals surface area contributed by atoms with Gasteiger partial charge >= 0.3 is 6.09 Å². The molecule has 0 unspecified atom stereocenters. The van der Waals surface area contributed by atoms with E-state index in [0.717, 1.165) is 11.1 Å². The summed E-state index contributed by atoms with van der Waals surface area (Å²) >= 11 is 0. The standard InChI is InChI=1S/C19H27N3O3/c1-18(2,3)22(17(24)25-19(4,5)6)12-15-9-7-14(8-10-15)11-16(23)21-13-20/h7-10H,11-12H2,1-6H3,(H,21,23). The topological polar surface area (TPSA) is 82.4 Å². The van der Waals surface area contributed by atoms with Crippen molar-refractivity contribution in [3.8, 4) is 6.19 Å². The van der Waals surface area contributed by atoms with E-state index in [0.29, 0.717) is 6.54 Å². The molecule has 0 bridgehead atoms. The predicted octanol–water partition coefficient (Wildman–Crippen LogP) is 3.36. The van der Waals surface area contributed by atoms with Gasteiger partial charge in [-0.15, -0.1) is 0 Å². The van der Waals surface area contributed by atoms with Crippen molar-refractivity contribution in [1.82, 2.24) is 10.2 Å². The minimum Gasteiger partial charge on any atom is -0.444 e. The molecule has 6 heteroatoms. The fraction of sp³-hybridized carbons (Fsp3) is 0.526. The lowest BCUT2D eigenvalue weighted by molar-refractivity contribution is -0.119. The SMILES string of the molecule is CC(C)(C)OC(=O)N(Cc1ccc(CC(=O)NC#N)cc1)C(C)(C)C. The molecule has 1 aromatic carbocycles. The first-order valence-electron chi connectivity index (χ1n) is 8.19. The Kier molecular flexibility index (Phi) is 6.57. The molecule has 1 rings (SSSR count). The van der Waals surface area contributed by atoms with Crippen molar-refractivity contribution in [2.24, 2.45) is 0 Å². The van der Waals surface area contributed by atoms with Crippen LogP contribution in [-0.4, -0.2) is 28.0 Å². The maximum absolute atomic E-state index is 12.5. The molecular weight excluding hydrogens is 318 g/mol. The average molecular weight is 345 g/mol. The Morgan fingerprint density at radius 1 is 1.08 bits per heavy atom. The molecule has 2 amide bonds. The monoisotopic (exact) mass is 345 g/mol. The predicted molar refractivity (Wildman–Crippen MR) is 95.4 cm³/mol. The van der Waals surface area contributed by atoms with Crippen molar-refractivity contribution in [1.29, 1.82) is 5.26 Å². The van der Waals surface area contributed by atoms with Gasteiger partial charge in [-0.2, -0.15) is 5.26 Å². The highest BCUT2D eigenvalue weighted by Gasteiger charge is 2.30. The Balaban J connectivity index is 2.86. The lowest BCUT2D eigenvalue weighted by atomic mass is 10.0. The van der Waals surface area contributed by atoms with Crippen molar-refractivity contribution in [2.45, 2.75) is 65.6 Å².